The van der Waals surface area contributed by atoms with E-state index >= 15 is 0 Å². The number of sulfonamides is 1. The highest BCUT2D eigenvalue weighted by molar-refractivity contribution is 9.13. The van der Waals surface area contributed by atoms with Gasteiger partial charge < -0.3 is 0 Å². The quantitative estimate of drug-likeness (QED) is 0.422. The molecule has 0 unspecified atom stereocenters. The van der Waals surface area contributed by atoms with Gasteiger partial charge in [0.25, 0.3) is 15.9 Å². The van der Waals surface area contributed by atoms with Crippen molar-refractivity contribution in [3.8, 4) is 0 Å². The lowest BCUT2D eigenvalue weighted by molar-refractivity contribution is 0.101. The van der Waals surface area contributed by atoms with Crippen molar-refractivity contribution < 1.29 is 13.2 Å². The van der Waals surface area contributed by atoms with Gasteiger partial charge in [0.05, 0.1) is 19.2 Å². The third kappa shape index (κ3) is 4.03. The van der Waals surface area contributed by atoms with Crippen LogP contribution in [0.25, 0.3) is 0 Å². The molecule has 0 atom stereocenters. The largest absolute Gasteiger partial charge is 0.282 e. The molecule has 2 aromatic carbocycles. The Bertz CT molecular complexity index is 1090. The fourth-order valence-electron chi connectivity index (χ4n) is 2.54. The Morgan fingerprint density at radius 1 is 1.00 bits per heavy atom. The van der Waals surface area contributed by atoms with Gasteiger partial charge in [-0.2, -0.15) is 4.31 Å². The van der Waals surface area contributed by atoms with Crippen LogP contribution in [0.15, 0.2) is 67.8 Å². The van der Waals surface area contributed by atoms with Gasteiger partial charge >= 0.3 is 0 Å². The van der Waals surface area contributed by atoms with Gasteiger partial charge in [0, 0.05) is 4.47 Å². The molecule has 8 heteroatoms. The number of halogens is 2. The van der Waals surface area contributed by atoms with E-state index in [9.17, 15) is 13.2 Å². The predicted molar refractivity (Wildman–Crippen MR) is 116 cm³/mol. The molecule has 1 amide bonds. The summed E-state index contributed by atoms with van der Waals surface area (Å²) in [5, 5.41) is 0. The minimum absolute atomic E-state index is 0.0638. The summed E-state index contributed by atoms with van der Waals surface area (Å²) in [6.07, 6.45) is 0. The third-order valence-electron chi connectivity index (χ3n) is 3.91. The Morgan fingerprint density at radius 2 is 1.67 bits per heavy atom. The van der Waals surface area contributed by atoms with Crippen molar-refractivity contribution in [1.29, 1.82) is 0 Å². The van der Waals surface area contributed by atoms with Crippen LogP contribution in [0.5, 0.6) is 0 Å². The SMILES string of the molecule is Cc1ccc(C)c(N(C(=O)c2cc(Br)c(Br)s2)S(=O)(=O)c2ccccc2)c1. The second-order valence-corrected chi connectivity index (χ2v) is 10.9. The Morgan fingerprint density at radius 3 is 2.26 bits per heavy atom. The first-order chi connectivity index (χ1) is 12.7. The highest BCUT2D eigenvalue weighted by Gasteiger charge is 2.34. The van der Waals surface area contributed by atoms with Crippen molar-refractivity contribution in [2.75, 3.05) is 4.31 Å². The third-order valence-corrected chi connectivity index (χ3v) is 8.86. The van der Waals surface area contributed by atoms with Crippen molar-refractivity contribution >= 4 is 64.8 Å². The van der Waals surface area contributed by atoms with E-state index in [1.165, 1.54) is 23.5 Å². The molecule has 3 rings (SSSR count). The summed E-state index contributed by atoms with van der Waals surface area (Å²) in [6, 6.07) is 15.0. The molecule has 140 valence electrons. The van der Waals surface area contributed by atoms with E-state index in [-0.39, 0.29) is 4.90 Å². The van der Waals surface area contributed by atoms with Crippen LogP contribution >= 0.6 is 43.2 Å². The number of hydrogen-bond acceptors (Lipinski definition) is 4. The highest BCUT2D eigenvalue weighted by atomic mass is 79.9. The molecule has 27 heavy (non-hydrogen) atoms. The number of carbonyl (C=O) groups excluding carboxylic acids is 1. The molecule has 4 nitrogen and oxygen atoms in total. The Hall–Kier alpha value is -1.48. The van der Waals surface area contributed by atoms with E-state index in [1.807, 2.05) is 19.1 Å². The van der Waals surface area contributed by atoms with E-state index in [0.29, 0.717) is 20.6 Å². The smallest absolute Gasteiger partial charge is 0.267 e. The minimum atomic E-state index is -4.08. The molecule has 0 N–H and O–H groups in total. The first-order valence-corrected chi connectivity index (χ1v) is 11.7. The van der Waals surface area contributed by atoms with Crippen LogP contribution in [0.4, 0.5) is 5.69 Å². The monoisotopic (exact) mass is 527 g/mol. The lowest BCUT2D eigenvalue weighted by Gasteiger charge is -2.24. The summed E-state index contributed by atoms with van der Waals surface area (Å²) in [6.45, 7) is 3.65. The first kappa shape index (κ1) is 20.3. The van der Waals surface area contributed by atoms with Gasteiger partial charge in [0.2, 0.25) is 0 Å². The molecule has 0 saturated heterocycles. The van der Waals surface area contributed by atoms with Crippen LogP contribution in [0.2, 0.25) is 0 Å². The van der Waals surface area contributed by atoms with Crippen LogP contribution in [0, 0.1) is 13.8 Å². The molecule has 0 radical (unpaired) electrons. The molecule has 0 saturated carbocycles. The maximum Gasteiger partial charge on any atom is 0.282 e. The summed E-state index contributed by atoms with van der Waals surface area (Å²) in [5.74, 6) is -0.594. The van der Waals surface area contributed by atoms with E-state index in [0.717, 1.165) is 13.7 Å². The normalized spacial score (nSPS) is 11.4. The second-order valence-electron chi connectivity index (χ2n) is 5.91. The van der Waals surface area contributed by atoms with Crippen molar-refractivity contribution in [1.82, 2.24) is 0 Å². The van der Waals surface area contributed by atoms with Crippen molar-refractivity contribution in [2.24, 2.45) is 0 Å². The van der Waals surface area contributed by atoms with E-state index in [2.05, 4.69) is 31.9 Å². The van der Waals surface area contributed by atoms with Crippen molar-refractivity contribution in [3.05, 3.63) is 78.9 Å². The fourth-order valence-corrected chi connectivity index (χ4v) is 6.04. The van der Waals surface area contributed by atoms with Gasteiger partial charge in [-0.15, -0.1) is 11.3 Å². The number of anilines is 1. The molecule has 0 spiro atoms. The summed E-state index contributed by atoms with van der Waals surface area (Å²) in [4.78, 5) is 13.7. The topological polar surface area (TPSA) is 54.5 Å². The summed E-state index contributed by atoms with van der Waals surface area (Å²) in [7, 11) is -4.08. The zero-order valence-corrected chi connectivity index (χ0v) is 19.2. The van der Waals surface area contributed by atoms with Gasteiger partial charge in [-0.1, -0.05) is 30.3 Å². The Labute approximate surface area is 179 Å². The van der Waals surface area contributed by atoms with Crippen LogP contribution in [0.3, 0.4) is 0 Å². The second kappa shape index (κ2) is 7.87. The maximum absolute atomic E-state index is 13.4. The number of hydrogen-bond donors (Lipinski definition) is 0. The zero-order chi connectivity index (χ0) is 19.8. The van der Waals surface area contributed by atoms with Gasteiger partial charge in [-0.3, -0.25) is 4.79 Å². The van der Waals surface area contributed by atoms with Gasteiger partial charge in [-0.05, 0) is 81.1 Å². The van der Waals surface area contributed by atoms with Crippen LogP contribution in [-0.2, 0) is 10.0 Å². The summed E-state index contributed by atoms with van der Waals surface area (Å²) >= 11 is 7.90. The molecule has 0 aliphatic carbocycles. The average molecular weight is 529 g/mol. The number of amides is 1. The zero-order valence-electron chi connectivity index (χ0n) is 14.4. The molecule has 1 heterocycles. The fraction of sp³-hybridized carbons (Fsp3) is 0.105. The summed E-state index contributed by atoms with van der Waals surface area (Å²) in [5.41, 5.74) is 1.91. The standard InChI is InChI=1S/C19H15Br2NO3S2/c1-12-8-9-13(2)16(10-12)22(19(23)17-11-15(20)18(21)26-17)27(24,25)14-6-4-3-5-7-14/h3-11H,1-2H3. The highest BCUT2D eigenvalue weighted by Crippen LogP contribution is 2.36. The molecule has 0 aliphatic heterocycles. The maximum atomic E-state index is 13.4. The van der Waals surface area contributed by atoms with Gasteiger partial charge in [-0.25, -0.2) is 8.42 Å². The van der Waals surface area contributed by atoms with Crippen molar-refractivity contribution in [3.63, 3.8) is 0 Å². The molecular weight excluding hydrogens is 514 g/mol. The lowest BCUT2D eigenvalue weighted by Crippen LogP contribution is -2.37. The number of nitrogens with zero attached hydrogens (tertiary/aromatic N) is 1. The molecule has 0 bridgehead atoms. The lowest BCUT2D eigenvalue weighted by atomic mass is 10.1. The van der Waals surface area contributed by atoms with Crippen molar-refractivity contribution in [2.45, 2.75) is 18.7 Å². The predicted octanol–water partition coefficient (Wildman–Crippen LogP) is 5.93. The van der Waals surface area contributed by atoms with E-state index in [4.69, 9.17) is 0 Å². The van der Waals surface area contributed by atoms with Crippen LogP contribution in [0.1, 0.15) is 20.8 Å². The van der Waals surface area contributed by atoms with Crippen LogP contribution in [-0.4, -0.2) is 14.3 Å². The minimum Gasteiger partial charge on any atom is -0.267 e. The molecule has 0 fully saturated rings. The van der Waals surface area contributed by atoms with E-state index < -0.39 is 15.9 Å². The number of aryl methyl sites for hydroxylation is 2. The Balaban J connectivity index is 2.24. The first-order valence-electron chi connectivity index (χ1n) is 7.88. The summed E-state index contributed by atoms with van der Waals surface area (Å²) < 4.78 is 29.1. The Kier molecular flexibility index (Phi) is 5.90. The molecule has 1 aromatic heterocycles. The van der Waals surface area contributed by atoms with E-state index in [1.54, 1.807) is 37.3 Å². The average Bonchev–Trinajstić information content (AvgIpc) is 2.97. The van der Waals surface area contributed by atoms with Crippen LogP contribution < -0.4 is 4.31 Å². The molecule has 3 aromatic rings. The number of benzene rings is 2. The number of rotatable bonds is 4. The number of carbonyl (C=O) groups is 1. The molecule has 0 aliphatic rings. The number of thiophene rings is 1. The van der Waals surface area contributed by atoms with Gasteiger partial charge in [0.15, 0.2) is 0 Å². The van der Waals surface area contributed by atoms with Gasteiger partial charge in [0.1, 0.15) is 0 Å². The molecular formula is C19H15Br2NO3S2.